The Hall–Kier alpha value is -3.15. The first kappa shape index (κ1) is 20.1. The van der Waals surface area contributed by atoms with E-state index in [1.54, 1.807) is 30.2 Å². The summed E-state index contributed by atoms with van der Waals surface area (Å²) < 4.78 is 18.7. The molecule has 1 amide bonds. The van der Waals surface area contributed by atoms with E-state index >= 15 is 0 Å². The minimum absolute atomic E-state index is 0.0328. The summed E-state index contributed by atoms with van der Waals surface area (Å²) in [4.78, 5) is 27.8. The molecule has 1 heterocycles. The minimum atomic E-state index is -0.715. The Kier molecular flexibility index (Phi) is 5.57. The average molecular weight is 409 g/mol. The fourth-order valence-corrected chi connectivity index (χ4v) is 4.49. The van der Waals surface area contributed by atoms with Crippen LogP contribution in [0.25, 0.3) is 5.76 Å². The summed E-state index contributed by atoms with van der Waals surface area (Å²) in [6.45, 7) is 0. The van der Waals surface area contributed by atoms with E-state index in [1.165, 1.54) is 24.3 Å². The van der Waals surface area contributed by atoms with Gasteiger partial charge in [-0.15, -0.1) is 0 Å². The summed E-state index contributed by atoms with van der Waals surface area (Å²) in [7, 11) is 1.55. The van der Waals surface area contributed by atoms with Gasteiger partial charge in [-0.05, 0) is 54.8 Å². The van der Waals surface area contributed by atoms with Crippen molar-refractivity contribution in [2.24, 2.45) is 0 Å². The van der Waals surface area contributed by atoms with Crippen LogP contribution in [0.4, 0.5) is 4.39 Å². The smallest absolute Gasteiger partial charge is 0.295 e. The molecule has 1 saturated heterocycles. The number of nitrogens with zero attached hydrogens (tertiary/aromatic N) is 1. The number of Topliss-reactive ketones (excluding diaryl/α,β-unsaturated/α-hetero) is 1. The topological polar surface area (TPSA) is 66.8 Å². The SMILES string of the molecule is COc1cccc(C2/C(=C(/O)c3ccc(F)cc3)C(=O)C(=O)N2C2CCCCC2)c1. The Bertz CT molecular complexity index is 993. The Morgan fingerprint density at radius 1 is 1.07 bits per heavy atom. The van der Waals surface area contributed by atoms with Crippen molar-refractivity contribution in [1.82, 2.24) is 4.90 Å². The molecule has 30 heavy (non-hydrogen) atoms. The maximum atomic E-state index is 13.4. The maximum Gasteiger partial charge on any atom is 0.295 e. The largest absolute Gasteiger partial charge is 0.507 e. The molecule has 156 valence electrons. The Balaban J connectivity index is 1.87. The number of rotatable bonds is 4. The first-order valence-corrected chi connectivity index (χ1v) is 10.2. The van der Waals surface area contributed by atoms with E-state index in [0.29, 0.717) is 16.9 Å². The van der Waals surface area contributed by atoms with Gasteiger partial charge in [0, 0.05) is 11.6 Å². The highest BCUT2D eigenvalue weighted by Gasteiger charge is 2.48. The number of hydrogen-bond acceptors (Lipinski definition) is 4. The number of halogens is 1. The number of hydrogen-bond donors (Lipinski definition) is 1. The van der Waals surface area contributed by atoms with Gasteiger partial charge < -0.3 is 14.7 Å². The van der Waals surface area contributed by atoms with Crippen molar-refractivity contribution < 1.29 is 23.8 Å². The molecule has 2 aromatic carbocycles. The molecular weight excluding hydrogens is 385 g/mol. The lowest BCUT2D eigenvalue weighted by atomic mass is 9.91. The van der Waals surface area contributed by atoms with E-state index in [9.17, 15) is 19.1 Å². The molecule has 0 spiro atoms. The van der Waals surface area contributed by atoms with Gasteiger partial charge >= 0.3 is 0 Å². The van der Waals surface area contributed by atoms with Gasteiger partial charge in [-0.1, -0.05) is 31.4 Å². The molecule has 2 aliphatic rings. The predicted octanol–water partition coefficient (Wildman–Crippen LogP) is 4.59. The monoisotopic (exact) mass is 409 g/mol. The van der Waals surface area contributed by atoms with Crippen molar-refractivity contribution in [2.75, 3.05) is 7.11 Å². The number of ketones is 1. The molecule has 6 heteroatoms. The number of likely N-dealkylation sites (tertiary alicyclic amines) is 1. The maximum absolute atomic E-state index is 13.4. The highest BCUT2D eigenvalue weighted by atomic mass is 19.1. The summed E-state index contributed by atoms with van der Waals surface area (Å²) in [5.74, 6) is -1.45. The lowest BCUT2D eigenvalue weighted by molar-refractivity contribution is -0.141. The van der Waals surface area contributed by atoms with E-state index in [0.717, 1.165) is 32.1 Å². The second-order valence-corrected chi connectivity index (χ2v) is 7.78. The number of benzene rings is 2. The third-order valence-corrected chi connectivity index (χ3v) is 5.98. The van der Waals surface area contributed by atoms with Crippen LogP contribution in [0.2, 0.25) is 0 Å². The zero-order chi connectivity index (χ0) is 21.3. The highest BCUT2D eigenvalue weighted by molar-refractivity contribution is 6.46. The molecule has 1 atom stereocenters. The normalized spacial score (nSPS) is 21.8. The lowest BCUT2D eigenvalue weighted by Crippen LogP contribution is -2.40. The molecule has 4 rings (SSSR count). The third-order valence-electron chi connectivity index (χ3n) is 5.98. The average Bonchev–Trinajstić information content (AvgIpc) is 3.05. The number of carbonyl (C=O) groups is 2. The van der Waals surface area contributed by atoms with Crippen LogP contribution in [0.15, 0.2) is 54.1 Å². The van der Waals surface area contributed by atoms with Crippen LogP contribution in [0.1, 0.15) is 49.3 Å². The van der Waals surface area contributed by atoms with Gasteiger partial charge in [-0.3, -0.25) is 9.59 Å². The zero-order valence-corrected chi connectivity index (χ0v) is 16.8. The fraction of sp³-hybridized carbons (Fsp3) is 0.333. The van der Waals surface area contributed by atoms with Gasteiger partial charge in [0.1, 0.15) is 17.3 Å². The number of methoxy groups -OCH3 is 1. The van der Waals surface area contributed by atoms with E-state index in [1.807, 2.05) is 6.07 Å². The number of carbonyl (C=O) groups excluding carboxylic acids is 2. The molecule has 2 aromatic rings. The quantitative estimate of drug-likeness (QED) is 0.456. The second kappa shape index (κ2) is 8.30. The first-order valence-electron chi connectivity index (χ1n) is 10.2. The molecule has 5 nitrogen and oxygen atoms in total. The van der Waals surface area contributed by atoms with Gasteiger partial charge in [0.25, 0.3) is 11.7 Å². The third kappa shape index (κ3) is 3.58. The van der Waals surface area contributed by atoms with Crippen LogP contribution < -0.4 is 4.74 Å². The highest BCUT2D eigenvalue weighted by Crippen LogP contribution is 2.43. The van der Waals surface area contributed by atoms with Crippen LogP contribution in [0, 0.1) is 5.82 Å². The lowest BCUT2D eigenvalue weighted by Gasteiger charge is -2.35. The Labute approximate surface area is 174 Å². The Morgan fingerprint density at radius 2 is 1.77 bits per heavy atom. The Morgan fingerprint density at radius 3 is 2.43 bits per heavy atom. The van der Waals surface area contributed by atoms with E-state index in [2.05, 4.69) is 0 Å². The summed E-state index contributed by atoms with van der Waals surface area (Å²) in [6, 6.07) is 11.7. The molecule has 1 aliphatic heterocycles. The molecule has 0 bridgehead atoms. The summed E-state index contributed by atoms with van der Waals surface area (Å²) in [6.07, 6.45) is 4.75. The molecule has 1 N–H and O–H groups in total. The molecule has 0 aromatic heterocycles. The van der Waals surface area contributed by atoms with Gasteiger partial charge in [-0.25, -0.2) is 4.39 Å². The van der Waals surface area contributed by atoms with Gasteiger partial charge in [-0.2, -0.15) is 0 Å². The molecule has 0 radical (unpaired) electrons. The van der Waals surface area contributed by atoms with Crippen molar-refractivity contribution in [2.45, 2.75) is 44.2 Å². The summed E-state index contributed by atoms with van der Waals surface area (Å²) in [5.41, 5.74) is 1.03. The van der Waals surface area contributed by atoms with Crippen LogP contribution in [-0.4, -0.2) is 34.8 Å². The van der Waals surface area contributed by atoms with E-state index in [-0.39, 0.29) is 17.4 Å². The van der Waals surface area contributed by atoms with Gasteiger partial charge in [0.2, 0.25) is 0 Å². The first-order chi connectivity index (χ1) is 14.5. The van der Waals surface area contributed by atoms with Crippen LogP contribution in [-0.2, 0) is 9.59 Å². The van der Waals surface area contributed by atoms with Crippen molar-refractivity contribution in [3.63, 3.8) is 0 Å². The number of amides is 1. The molecule has 2 fully saturated rings. The van der Waals surface area contributed by atoms with E-state index < -0.39 is 23.5 Å². The molecule has 1 saturated carbocycles. The second-order valence-electron chi connectivity index (χ2n) is 7.78. The fourth-order valence-electron chi connectivity index (χ4n) is 4.49. The molecule has 1 aliphatic carbocycles. The molecule has 1 unspecified atom stereocenters. The van der Waals surface area contributed by atoms with Crippen LogP contribution in [0.5, 0.6) is 5.75 Å². The van der Waals surface area contributed by atoms with Crippen LogP contribution in [0.3, 0.4) is 0 Å². The number of ether oxygens (including phenoxy) is 1. The zero-order valence-electron chi connectivity index (χ0n) is 16.8. The predicted molar refractivity (Wildman–Crippen MR) is 110 cm³/mol. The van der Waals surface area contributed by atoms with Crippen molar-refractivity contribution in [1.29, 1.82) is 0 Å². The summed E-state index contributed by atoms with van der Waals surface area (Å²) in [5, 5.41) is 11.0. The minimum Gasteiger partial charge on any atom is -0.507 e. The number of aliphatic hydroxyl groups excluding tert-OH is 1. The van der Waals surface area contributed by atoms with E-state index in [4.69, 9.17) is 4.74 Å². The van der Waals surface area contributed by atoms with Gasteiger partial charge in [0.05, 0.1) is 18.7 Å². The van der Waals surface area contributed by atoms with Crippen molar-refractivity contribution in [3.05, 3.63) is 71.0 Å². The van der Waals surface area contributed by atoms with Crippen LogP contribution >= 0.6 is 0 Å². The summed E-state index contributed by atoms with van der Waals surface area (Å²) >= 11 is 0. The molecular formula is C24H24FNO4. The van der Waals surface area contributed by atoms with Crippen molar-refractivity contribution >= 4 is 17.4 Å². The van der Waals surface area contributed by atoms with Crippen molar-refractivity contribution in [3.8, 4) is 5.75 Å². The number of aliphatic hydroxyl groups is 1. The van der Waals surface area contributed by atoms with Gasteiger partial charge in [0.15, 0.2) is 0 Å². The standard InChI is InChI=1S/C24H24FNO4/c1-30-19-9-5-6-16(14-19)21-20(22(27)15-10-12-17(25)13-11-15)23(28)24(29)26(21)18-7-3-2-4-8-18/h5-6,9-14,18,21,27H,2-4,7-8H2,1H3/b22-20-.